The molecular formula is C53H89N2O6P. The highest BCUT2D eigenvalue weighted by molar-refractivity contribution is 7.45. The van der Waals surface area contributed by atoms with Crippen LogP contribution in [0.2, 0.25) is 0 Å². The van der Waals surface area contributed by atoms with Crippen molar-refractivity contribution in [1.29, 1.82) is 0 Å². The highest BCUT2D eigenvalue weighted by Gasteiger charge is 2.23. The summed E-state index contributed by atoms with van der Waals surface area (Å²) in [6.45, 7) is 4.43. The number of hydrogen-bond acceptors (Lipinski definition) is 6. The number of rotatable bonds is 41. The zero-order valence-corrected chi connectivity index (χ0v) is 40.7. The molecule has 8 nitrogen and oxygen atoms in total. The minimum absolute atomic E-state index is 0.0153. The Kier molecular flexibility index (Phi) is 41.0. The topological polar surface area (TPSA) is 108 Å². The number of nitrogens with one attached hydrogen (secondary N) is 1. The summed E-state index contributed by atoms with van der Waals surface area (Å²) < 4.78 is 23.1. The molecule has 0 aromatic rings. The van der Waals surface area contributed by atoms with E-state index in [1.165, 1.54) is 32.1 Å². The van der Waals surface area contributed by atoms with Crippen LogP contribution in [-0.2, 0) is 18.4 Å². The number of aliphatic hydroxyl groups is 1. The van der Waals surface area contributed by atoms with Crippen LogP contribution in [0.25, 0.3) is 0 Å². The first-order chi connectivity index (χ1) is 30.0. The predicted octanol–water partition coefficient (Wildman–Crippen LogP) is 13.2. The molecule has 0 radical (unpaired) electrons. The Hall–Kier alpha value is -3.10. The lowest BCUT2D eigenvalue weighted by Crippen LogP contribution is -2.45. The highest BCUT2D eigenvalue weighted by atomic mass is 31.2. The van der Waals surface area contributed by atoms with Crippen molar-refractivity contribution in [2.24, 2.45) is 0 Å². The second kappa shape index (κ2) is 43.2. The van der Waals surface area contributed by atoms with Crippen LogP contribution < -0.4 is 10.2 Å². The van der Waals surface area contributed by atoms with Crippen LogP contribution in [0.1, 0.15) is 155 Å². The first-order valence-electron chi connectivity index (χ1n) is 23.9. The molecule has 0 fully saturated rings. The van der Waals surface area contributed by atoms with E-state index in [9.17, 15) is 19.4 Å². The van der Waals surface area contributed by atoms with Crippen molar-refractivity contribution in [1.82, 2.24) is 5.32 Å². The predicted molar refractivity (Wildman–Crippen MR) is 265 cm³/mol. The summed E-state index contributed by atoms with van der Waals surface area (Å²) in [4.78, 5) is 25.2. The molecule has 0 saturated heterocycles. The van der Waals surface area contributed by atoms with Gasteiger partial charge in [-0.05, 0) is 89.9 Å². The van der Waals surface area contributed by atoms with Gasteiger partial charge in [0.2, 0.25) is 5.91 Å². The minimum atomic E-state index is -4.60. The second-order valence-electron chi connectivity index (χ2n) is 16.7. The molecule has 3 unspecified atom stereocenters. The first kappa shape index (κ1) is 58.9. The van der Waals surface area contributed by atoms with Gasteiger partial charge in [-0.1, -0.05) is 180 Å². The number of carbonyl (C=O) groups is 1. The second-order valence-corrected chi connectivity index (χ2v) is 18.1. The Morgan fingerprint density at radius 2 is 0.984 bits per heavy atom. The Morgan fingerprint density at radius 3 is 1.44 bits per heavy atom. The fourth-order valence-corrected chi connectivity index (χ4v) is 6.63. The maximum Gasteiger partial charge on any atom is 0.268 e. The van der Waals surface area contributed by atoms with E-state index >= 15 is 0 Å². The van der Waals surface area contributed by atoms with E-state index in [4.69, 9.17) is 9.05 Å². The van der Waals surface area contributed by atoms with Gasteiger partial charge in [0.1, 0.15) is 13.2 Å². The van der Waals surface area contributed by atoms with Gasteiger partial charge in [-0.15, -0.1) is 0 Å². The molecule has 0 rings (SSSR count). The fraction of sp³-hybridized carbons (Fsp3) is 0.604. The SMILES string of the molecule is CC/C=C\C/C=C\C/C=C\C/C=C\C/C=C\C/C=C\C/C=C\C/C=C\C/C=C\CCCCCC(=O)NC(COP(=O)([O-])OCC[N+](C)(C)C)C(O)/C=C/CCCCCCCCC. The highest BCUT2D eigenvalue weighted by Crippen LogP contribution is 2.38. The number of hydrogen-bond donors (Lipinski definition) is 2. The summed E-state index contributed by atoms with van der Waals surface area (Å²) in [6.07, 6.45) is 64.1. The maximum atomic E-state index is 12.8. The zero-order valence-electron chi connectivity index (χ0n) is 39.8. The molecule has 0 aliphatic heterocycles. The van der Waals surface area contributed by atoms with Crippen molar-refractivity contribution >= 4 is 13.7 Å². The first-order valence-corrected chi connectivity index (χ1v) is 25.4. The number of unbranched alkanes of at least 4 members (excludes halogenated alkanes) is 10. The molecule has 9 heteroatoms. The number of aliphatic hydroxyl groups excluding tert-OH is 1. The van der Waals surface area contributed by atoms with Crippen molar-refractivity contribution in [3.63, 3.8) is 0 Å². The minimum Gasteiger partial charge on any atom is -0.756 e. The number of likely N-dealkylation sites (N-methyl/N-ethyl adjacent to an activating group) is 1. The molecule has 0 spiro atoms. The molecule has 2 N–H and O–H groups in total. The number of nitrogens with zero attached hydrogens (tertiary/aromatic N) is 1. The normalized spacial score (nSPS) is 15.3. The van der Waals surface area contributed by atoms with Gasteiger partial charge < -0.3 is 28.8 Å². The van der Waals surface area contributed by atoms with Crippen LogP contribution >= 0.6 is 7.82 Å². The van der Waals surface area contributed by atoms with Gasteiger partial charge in [-0.3, -0.25) is 9.36 Å². The molecule has 0 bridgehead atoms. The summed E-state index contributed by atoms with van der Waals surface area (Å²) in [5.41, 5.74) is 0. The number of carbonyl (C=O) groups excluding carboxylic acids is 1. The monoisotopic (exact) mass is 881 g/mol. The van der Waals surface area contributed by atoms with E-state index in [0.717, 1.165) is 96.3 Å². The van der Waals surface area contributed by atoms with Crippen LogP contribution in [-0.4, -0.2) is 68.5 Å². The molecule has 0 aliphatic rings. The molecule has 352 valence electrons. The number of amides is 1. The van der Waals surface area contributed by atoms with Gasteiger partial charge in [0, 0.05) is 6.42 Å². The van der Waals surface area contributed by atoms with Gasteiger partial charge in [0.05, 0.1) is 39.9 Å². The molecular weight excluding hydrogens is 792 g/mol. The summed E-state index contributed by atoms with van der Waals surface area (Å²) in [7, 11) is 1.21. The van der Waals surface area contributed by atoms with Crippen molar-refractivity contribution in [3.8, 4) is 0 Å². The van der Waals surface area contributed by atoms with E-state index in [1.54, 1.807) is 6.08 Å². The number of phosphoric acid groups is 1. The molecule has 0 aliphatic carbocycles. The average molecular weight is 881 g/mol. The molecule has 62 heavy (non-hydrogen) atoms. The van der Waals surface area contributed by atoms with E-state index in [2.05, 4.69) is 129 Å². The quantitative estimate of drug-likeness (QED) is 0.0274. The summed E-state index contributed by atoms with van der Waals surface area (Å²) in [5, 5.41) is 13.7. The number of allylic oxidation sites excluding steroid dienone is 19. The summed E-state index contributed by atoms with van der Waals surface area (Å²) >= 11 is 0. The lowest BCUT2D eigenvalue weighted by atomic mass is 10.1. The zero-order chi connectivity index (χ0) is 45.7. The van der Waals surface area contributed by atoms with E-state index in [1.807, 2.05) is 27.2 Å². The standard InChI is InChI=1S/C53H89N2O6P/c1-6-8-10-12-14-16-17-18-19-20-21-22-23-24-25-26-27-28-29-30-31-32-33-34-35-36-37-39-41-43-45-47-53(57)54-51(50-61-62(58,59)60-49-48-55(3,4)5)52(56)46-44-42-40-38-15-13-11-9-7-2/h8,10,14,16,18-19,21-22,24-25,27-28,30-31,33-34,36-37,44,46,51-52,56H,6-7,9,11-13,15,17,20,23,26,29,32,35,38-43,45,47-50H2,1-5H3,(H-,54,57,58,59)/b10-8-,16-14-,19-18-,22-21-,25-24-,28-27-,31-30-,34-33-,37-36-,46-44+. The summed E-state index contributed by atoms with van der Waals surface area (Å²) in [6, 6.07) is -0.911. The average Bonchev–Trinajstić information content (AvgIpc) is 3.23. The van der Waals surface area contributed by atoms with Crippen LogP contribution in [0, 0.1) is 0 Å². The van der Waals surface area contributed by atoms with Gasteiger partial charge in [0.25, 0.3) is 7.82 Å². The molecule has 3 atom stereocenters. The van der Waals surface area contributed by atoms with Crippen LogP contribution in [0.3, 0.4) is 0 Å². The Labute approximate surface area is 380 Å². The number of quaternary nitrogens is 1. The van der Waals surface area contributed by atoms with E-state index in [0.29, 0.717) is 23.9 Å². The van der Waals surface area contributed by atoms with Crippen LogP contribution in [0.5, 0.6) is 0 Å². The summed E-state index contributed by atoms with van der Waals surface area (Å²) in [5.74, 6) is -0.239. The lowest BCUT2D eigenvalue weighted by Gasteiger charge is -2.29. The van der Waals surface area contributed by atoms with Crippen LogP contribution in [0.15, 0.2) is 122 Å². The molecule has 0 saturated carbocycles. The van der Waals surface area contributed by atoms with Crippen molar-refractivity contribution < 1.29 is 32.9 Å². The lowest BCUT2D eigenvalue weighted by molar-refractivity contribution is -0.870. The molecule has 1 amide bonds. The Morgan fingerprint density at radius 1 is 0.581 bits per heavy atom. The van der Waals surface area contributed by atoms with Gasteiger partial charge in [-0.2, -0.15) is 0 Å². The van der Waals surface area contributed by atoms with E-state index < -0.39 is 26.6 Å². The largest absolute Gasteiger partial charge is 0.756 e. The third-order valence-corrected chi connectivity index (χ3v) is 10.6. The van der Waals surface area contributed by atoms with Gasteiger partial charge in [0.15, 0.2) is 0 Å². The Balaban J connectivity index is 4.30. The van der Waals surface area contributed by atoms with Crippen LogP contribution in [0.4, 0.5) is 0 Å². The third-order valence-electron chi connectivity index (χ3n) is 9.68. The third kappa shape index (κ3) is 44.9. The Bertz CT molecular complexity index is 1410. The van der Waals surface area contributed by atoms with Crippen molar-refractivity contribution in [3.05, 3.63) is 122 Å². The van der Waals surface area contributed by atoms with Crippen molar-refractivity contribution in [2.45, 2.75) is 167 Å². The number of phosphoric ester groups is 1. The van der Waals surface area contributed by atoms with Gasteiger partial charge >= 0.3 is 0 Å². The molecule has 0 aromatic carbocycles. The van der Waals surface area contributed by atoms with E-state index in [-0.39, 0.29) is 12.5 Å². The smallest absolute Gasteiger partial charge is 0.268 e. The molecule has 0 heterocycles. The molecule has 0 aromatic heterocycles. The fourth-order valence-electron chi connectivity index (χ4n) is 5.91. The maximum absolute atomic E-state index is 12.8. The van der Waals surface area contributed by atoms with Gasteiger partial charge in [-0.25, -0.2) is 0 Å². The van der Waals surface area contributed by atoms with Crippen molar-refractivity contribution in [2.75, 3.05) is 40.9 Å².